The van der Waals surface area contributed by atoms with Crippen molar-refractivity contribution >= 4 is 5.78 Å². The van der Waals surface area contributed by atoms with Crippen molar-refractivity contribution in [2.45, 2.75) is 31.7 Å². The molecule has 1 aliphatic rings. The van der Waals surface area contributed by atoms with Gasteiger partial charge in [-0.3, -0.25) is 5.10 Å². The number of hydrogen-bond acceptors (Lipinski definition) is 4. The quantitative estimate of drug-likeness (QED) is 0.410. The predicted molar refractivity (Wildman–Crippen MR) is 56.1 cm³/mol. The van der Waals surface area contributed by atoms with Gasteiger partial charge in [0.2, 0.25) is 0 Å². The van der Waals surface area contributed by atoms with Crippen molar-refractivity contribution in [1.29, 1.82) is 0 Å². The second-order valence-electron chi connectivity index (χ2n) is 3.62. The Hall–Kier alpha value is -0.490. The van der Waals surface area contributed by atoms with Crippen molar-refractivity contribution in [3.05, 3.63) is 24.8 Å². The maximum Gasteiger partial charge on any atom is 1.00 e. The third-order valence-electron chi connectivity index (χ3n) is 2.41. The van der Waals surface area contributed by atoms with Crippen LogP contribution in [0.25, 0.3) is 5.78 Å². The first-order chi connectivity index (χ1) is 7.36. The molecule has 1 saturated carbocycles. The van der Waals surface area contributed by atoms with Gasteiger partial charge in [-0.05, 0) is 25.2 Å². The van der Waals surface area contributed by atoms with Crippen molar-refractivity contribution in [3.63, 3.8) is 0 Å². The van der Waals surface area contributed by atoms with Crippen LogP contribution in [0, 0.1) is 6.33 Å². The average Bonchev–Trinajstić information content (AvgIpc) is 2.88. The average molecular weight is 227 g/mol. The van der Waals surface area contributed by atoms with E-state index >= 15 is 0 Å². The van der Waals surface area contributed by atoms with E-state index < -0.39 is 0 Å². The Bertz CT molecular complexity index is 380. The van der Waals surface area contributed by atoms with Crippen LogP contribution in [0.5, 0.6) is 0 Å². The summed E-state index contributed by atoms with van der Waals surface area (Å²) in [5.41, 5.74) is 5.53. The van der Waals surface area contributed by atoms with Gasteiger partial charge in [-0.15, -0.1) is 0 Å². The number of nitrogens with two attached hydrogens (primary N) is 1. The van der Waals surface area contributed by atoms with Crippen LogP contribution in [0.4, 0.5) is 0 Å². The Balaban J connectivity index is 0.000000162. The summed E-state index contributed by atoms with van der Waals surface area (Å²) in [7, 11) is 0. The van der Waals surface area contributed by atoms with E-state index in [2.05, 4.69) is 21.4 Å². The molecule has 1 fully saturated rings. The molecule has 0 unspecified atom stereocenters. The van der Waals surface area contributed by atoms with Crippen LogP contribution >= 0.6 is 0 Å². The Morgan fingerprint density at radius 3 is 2.69 bits per heavy atom. The Morgan fingerprint density at radius 2 is 2.12 bits per heavy atom. The van der Waals surface area contributed by atoms with E-state index in [9.17, 15) is 0 Å². The molecule has 3 rings (SSSR count). The van der Waals surface area contributed by atoms with Crippen LogP contribution in [0.15, 0.2) is 18.5 Å². The predicted octanol–water partition coefficient (Wildman–Crippen LogP) is -2.18. The van der Waals surface area contributed by atoms with Crippen LogP contribution in [-0.2, 0) is 0 Å². The Labute approximate surface area is 117 Å². The van der Waals surface area contributed by atoms with E-state index in [1.807, 2.05) is 0 Å². The summed E-state index contributed by atoms with van der Waals surface area (Å²) in [6.45, 7) is 0. The molecule has 0 bridgehead atoms. The van der Waals surface area contributed by atoms with Crippen LogP contribution in [-0.4, -0.2) is 25.6 Å². The maximum atomic E-state index is 5.53. The monoisotopic (exact) mass is 227 g/mol. The fraction of sp³-hybridized carbons (Fsp3) is 0.500. The molecule has 0 atom stereocenters. The largest absolute Gasteiger partial charge is 1.00 e. The summed E-state index contributed by atoms with van der Waals surface area (Å²) in [5, 5.41) is 3.74. The summed E-state index contributed by atoms with van der Waals surface area (Å²) < 4.78 is 1.56. The Kier molecular flexibility index (Phi) is 5.90. The molecule has 2 aromatic rings. The minimum atomic E-state index is 0. The zero-order valence-corrected chi connectivity index (χ0v) is 11.5. The smallest absolute Gasteiger partial charge is 0.397 e. The third kappa shape index (κ3) is 3.83. The SMILES string of the molecule is NC1CCCC1.[Na+].[c-]1nc2ncccn2n1. The topological polar surface area (TPSA) is 69.1 Å². The van der Waals surface area contributed by atoms with Crippen molar-refractivity contribution < 1.29 is 29.6 Å². The summed E-state index contributed by atoms with van der Waals surface area (Å²) in [4.78, 5) is 7.63. The summed E-state index contributed by atoms with van der Waals surface area (Å²) in [6, 6.07) is 2.33. The normalized spacial score (nSPS) is 15.3. The number of hydrogen-bond donors (Lipinski definition) is 1. The van der Waals surface area contributed by atoms with Gasteiger partial charge in [-0.2, -0.15) is 0 Å². The molecule has 16 heavy (non-hydrogen) atoms. The summed E-state index contributed by atoms with van der Waals surface area (Å²) in [6.07, 6.45) is 11.1. The molecule has 2 heterocycles. The molecule has 2 aromatic heterocycles. The van der Waals surface area contributed by atoms with E-state index in [0.717, 1.165) is 0 Å². The molecule has 5 nitrogen and oxygen atoms in total. The maximum absolute atomic E-state index is 5.53. The number of fused-ring (bicyclic) bond motifs is 1. The number of aromatic nitrogens is 4. The second kappa shape index (κ2) is 6.96. The van der Waals surface area contributed by atoms with Gasteiger partial charge in [-0.1, -0.05) is 12.8 Å². The van der Waals surface area contributed by atoms with E-state index in [1.54, 1.807) is 23.0 Å². The minimum absolute atomic E-state index is 0. The molecule has 1 aliphatic carbocycles. The first-order valence-electron chi connectivity index (χ1n) is 5.15. The molecule has 0 aromatic carbocycles. The van der Waals surface area contributed by atoms with E-state index in [4.69, 9.17) is 5.73 Å². The van der Waals surface area contributed by atoms with E-state index in [1.165, 1.54) is 25.7 Å². The molecule has 0 amide bonds. The van der Waals surface area contributed by atoms with E-state index in [-0.39, 0.29) is 29.6 Å². The summed E-state index contributed by atoms with van der Waals surface area (Å²) >= 11 is 0. The molecular weight excluding hydrogens is 213 g/mol. The van der Waals surface area contributed by atoms with Gasteiger partial charge in [-0.25, -0.2) is 0 Å². The molecule has 0 spiro atoms. The van der Waals surface area contributed by atoms with Gasteiger partial charge in [0.05, 0.1) is 5.78 Å². The molecule has 0 radical (unpaired) electrons. The van der Waals surface area contributed by atoms with Crippen LogP contribution in [0.3, 0.4) is 0 Å². The van der Waals surface area contributed by atoms with Gasteiger partial charge >= 0.3 is 29.6 Å². The first-order valence-corrected chi connectivity index (χ1v) is 5.15. The minimum Gasteiger partial charge on any atom is -0.397 e. The van der Waals surface area contributed by atoms with Crippen molar-refractivity contribution in [3.8, 4) is 0 Å². The van der Waals surface area contributed by atoms with Gasteiger partial charge in [0.15, 0.2) is 0 Å². The van der Waals surface area contributed by atoms with Gasteiger partial charge < -0.3 is 20.2 Å². The molecule has 6 heteroatoms. The van der Waals surface area contributed by atoms with Crippen molar-refractivity contribution in [2.75, 3.05) is 0 Å². The standard InChI is InChI=1S/C5H3N4.C5H11N.Na/c1-2-6-5-7-4-8-9(5)3-1;6-5-3-1-2-4-5;/h1-3H;5H,1-4,6H2;/q-1;;+1. The molecule has 0 aliphatic heterocycles. The van der Waals surface area contributed by atoms with Crippen molar-refractivity contribution in [1.82, 2.24) is 19.6 Å². The van der Waals surface area contributed by atoms with Gasteiger partial charge in [0.1, 0.15) is 0 Å². The molecule has 0 saturated heterocycles. The van der Waals surface area contributed by atoms with Gasteiger partial charge in [0, 0.05) is 18.4 Å². The molecule has 80 valence electrons. The Morgan fingerprint density at radius 1 is 1.38 bits per heavy atom. The third-order valence-corrected chi connectivity index (χ3v) is 2.41. The van der Waals surface area contributed by atoms with E-state index in [0.29, 0.717) is 11.8 Å². The fourth-order valence-electron chi connectivity index (χ4n) is 1.59. The fourth-order valence-corrected chi connectivity index (χ4v) is 1.59. The summed E-state index contributed by atoms with van der Waals surface area (Å²) in [5.74, 6) is 0.581. The first kappa shape index (κ1) is 13.6. The number of nitrogens with zero attached hydrogens (tertiary/aromatic N) is 4. The molecule has 2 N–H and O–H groups in total. The van der Waals surface area contributed by atoms with Crippen LogP contribution < -0.4 is 35.3 Å². The zero-order valence-electron chi connectivity index (χ0n) is 9.50. The van der Waals surface area contributed by atoms with Crippen LogP contribution in [0.1, 0.15) is 25.7 Å². The zero-order chi connectivity index (χ0) is 10.5. The van der Waals surface area contributed by atoms with Crippen molar-refractivity contribution in [2.24, 2.45) is 5.73 Å². The van der Waals surface area contributed by atoms with Gasteiger partial charge in [0.25, 0.3) is 0 Å². The van der Waals surface area contributed by atoms with Crippen LogP contribution in [0.2, 0.25) is 0 Å². The second-order valence-corrected chi connectivity index (χ2v) is 3.62. The molecular formula is C10H14N5Na. The number of rotatable bonds is 0.